The molecule has 0 aliphatic rings. The van der Waals surface area contributed by atoms with E-state index in [2.05, 4.69) is 60.6 Å². The van der Waals surface area contributed by atoms with Gasteiger partial charge < -0.3 is 15.0 Å². The van der Waals surface area contributed by atoms with E-state index in [1.807, 2.05) is 12.1 Å². The van der Waals surface area contributed by atoms with Gasteiger partial charge in [0.1, 0.15) is 5.75 Å². The molecule has 0 fully saturated rings. The van der Waals surface area contributed by atoms with E-state index >= 15 is 0 Å². The molecule has 0 atom stereocenters. The zero-order valence-corrected chi connectivity index (χ0v) is 13.8. The molecule has 0 aliphatic carbocycles. The maximum atomic E-state index is 5.29. The molecule has 0 aliphatic heterocycles. The van der Waals surface area contributed by atoms with Crippen LogP contribution in [0.4, 0.5) is 5.69 Å². The Hall–Kier alpha value is -2.00. The van der Waals surface area contributed by atoms with Crippen LogP contribution in [-0.2, 0) is 13.0 Å². The van der Waals surface area contributed by atoms with Crippen molar-refractivity contribution in [3.05, 3.63) is 59.7 Å². The maximum absolute atomic E-state index is 5.29. The van der Waals surface area contributed by atoms with E-state index in [0.29, 0.717) is 0 Å². The summed E-state index contributed by atoms with van der Waals surface area (Å²) in [6.07, 6.45) is 1.08. The highest BCUT2D eigenvalue weighted by Gasteiger charge is 2.04. The van der Waals surface area contributed by atoms with Crippen LogP contribution in [0.1, 0.15) is 18.1 Å². The molecule has 0 bridgehead atoms. The summed E-state index contributed by atoms with van der Waals surface area (Å²) in [6.45, 7) is 5.10. The summed E-state index contributed by atoms with van der Waals surface area (Å²) < 4.78 is 5.29. The van der Waals surface area contributed by atoms with Gasteiger partial charge in [0.05, 0.1) is 7.11 Å². The van der Waals surface area contributed by atoms with Crippen molar-refractivity contribution in [2.45, 2.75) is 19.9 Å². The zero-order valence-electron chi connectivity index (χ0n) is 13.8. The molecule has 0 spiro atoms. The number of methoxy groups -OCH3 is 1. The second kappa shape index (κ2) is 8.44. The van der Waals surface area contributed by atoms with E-state index in [-0.39, 0.29) is 0 Å². The molecule has 2 aromatic carbocycles. The number of hydrogen-bond donors (Lipinski definition) is 1. The van der Waals surface area contributed by atoms with E-state index in [1.165, 1.54) is 11.1 Å². The van der Waals surface area contributed by atoms with Crippen molar-refractivity contribution in [2.75, 3.05) is 32.1 Å². The molecular weight excluding hydrogens is 272 g/mol. The molecule has 0 unspecified atom stereocenters. The van der Waals surface area contributed by atoms with Gasteiger partial charge in [0, 0.05) is 25.3 Å². The molecule has 22 heavy (non-hydrogen) atoms. The van der Waals surface area contributed by atoms with Gasteiger partial charge in [-0.1, -0.05) is 37.3 Å². The summed E-state index contributed by atoms with van der Waals surface area (Å²) >= 11 is 0. The molecule has 3 nitrogen and oxygen atoms in total. The molecule has 0 amide bonds. The summed E-state index contributed by atoms with van der Waals surface area (Å²) in [5.74, 6) is 0.892. The normalized spacial score (nSPS) is 10.5. The van der Waals surface area contributed by atoms with Gasteiger partial charge >= 0.3 is 0 Å². The first-order chi connectivity index (χ1) is 10.7. The number of rotatable bonds is 8. The van der Waals surface area contributed by atoms with Crippen molar-refractivity contribution in [3.8, 4) is 5.75 Å². The van der Waals surface area contributed by atoms with Crippen molar-refractivity contribution < 1.29 is 4.74 Å². The second-order valence-corrected chi connectivity index (χ2v) is 5.48. The van der Waals surface area contributed by atoms with Crippen LogP contribution in [-0.4, -0.2) is 27.2 Å². The first-order valence-electron chi connectivity index (χ1n) is 7.86. The molecule has 118 valence electrons. The minimum atomic E-state index is 0.890. The van der Waals surface area contributed by atoms with Crippen molar-refractivity contribution in [1.29, 1.82) is 0 Å². The number of hydrogen-bond acceptors (Lipinski definition) is 3. The standard InChI is InChI=1S/C19H26N2O/c1-4-20-13-12-16-8-10-17(11-9-16)15-21(2)18-6-5-7-19(14-18)22-3/h5-11,14,20H,4,12-13,15H2,1-3H3. The van der Waals surface area contributed by atoms with Crippen LogP contribution in [0.25, 0.3) is 0 Å². The fourth-order valence-electron chi connectivity index (χ4n) is 2.43. The van der Waals surface area contributed by atoms with Gasteiger partial charge in [-0.25, -0.2) is 0 Å². The number of ether oxygens (including phenoxy) is 1. The van der Waals surface area contributed by atoms with Crippen LogP contribution < -0.4 is 15.0 Å². The number of likely N-dealkylation sites (N-methyl/N-ethyl adjacent to an activating group) is 1. The minimum absolute atomic E-state index is 0.890. The predicted molar refractivity (Wildman–Crippen MR) is 93.8 cm³/mol. The summed E-state index contributed by atoms with van der Waals surface area (Å²) in [5, 5.41) is 3.36. The molecule has 0 heterocycles. The third-order valence-corrected chi connectivity index (χ3v) is 3.78. The van der Waals surface area contributed by atoms with Gasteiger partial charge in [0.2, 0.25) is 0 Å². The number of nitrogens with one attached hydrogen (secondary N) is 1. The largest absolute Gasteiger partial charge is 0.497 e. The second-order valence-electron chi connectivity index (χ2n) is 5.48. The van der Waals surface area contributed by atoms with Crippen LogP contribution >= 0.6 is 0 Å². The van der Waals surface area contributed by atoms with Crippen molar-refractivity contribution in [3.63, 3.8) is 0 Å². The molecule has 2 rings (SSSR count). The Labute approximate surface area is 133 Å². The summed E-state index contributed by atoms with van der Waals surface area (Å²) in [4.78, 5) is 2.23. The Morgan fingerprint density at radius 1 is 1.05 bits per heavy atom. The average Bonchev–Trinajstić information content (AvgIpc) is 2.56. The zero-order chi connectivity index (χ0) is 15.8. The number of anilines is 1. The monoisotopic (exact) mass is 298 g/mol. The number of nitrogens with zero attached hydrogens (tertiary/aromatic N) is 1. The van der Waals surface area contributed by atoms with Crippen LogP contribution in [0.3, 0.4) is 0 Å². The SMILES string of the molecule is CCNCCc1ccc(CN(C)c2cccc(OC)c2)cc1. The third-order valence-electron chi connectivity index (χ3n) is 3.78. The predicted octanol–water partition coefficient (Wildman–Crippen LogP) is 3.48. The maximum Gasteiger partial charge on any atom is 0.120 e. The fourth-order valence-corrected chi connectivity index (χ4v) is 2.43. The van der Waals surface area contributed by atoms with E-state index in [4.69, 9.17) is 4.74 Å². The van der Waals surface area contributed by atoms with Gasteiger partial charge in [-0.15, -0.1) is 0 Å². The van der Waals surface area contributed by atoms with Crippen LogP contribution in [0, 0.1) is 0 Å². The lowest BCUT2D eigenvalue weighted by atomic mass is 10.1. The van der Waals surface area contributed by atoms with Crippen LogP contribution in [0.2, 0.25) is 0 Å². The third kappa shape index (κ3) is 4.78. The lowest BCUT2D eigenvalue weighted by Gasteiger charge is -2.20. The van der Waals surface area contributed by atoms with Gasteiger partial charge in [0.25, 0.3) is 0 Å². The van der Waals surface area contributed by atoms with E-state index in [9.17, 15) is 0 Å². The average molecular weight is 298 g/mol. The topological polar surface area (TPSA) is 24.5 Å². The van der Waals surface area contributed by atoms with Crippen LogP contribution in [0.5, 0.6) is 5.75 Å². The van der Waals surface area contributed by atoms with Gasteiger partial charge in [0.15, 0.2) is 0 Å². The molecule has 1 N–H and O–H groups in total. The first-order valence-corrected chi connectivity index (χ1v) is 7.86. The van der Waals surface area contributed by atoms with E-state index in [1.54, 1.807) is 7.11 Å². The quantitative estimate of drug-likeness (QED) is 0.755. The highest BCUT2D eigenvalue weighted by Crippen LogP contribution is 2.21. The summed E-state index contributed by atoms with van der Waals surface area (Å²) in [7, 11) is 3.80. The lowest BCUT2D eigenvalue weighted by molar-refractivity contribution is 0.415. The van der Waals surface area contributed by atoms with Crippen molar-refractivity contribution >= 4 is 5.69 Å². The summed E-state index contributed by atoms with van der Waals surface area (Å²) in [6, 6.07) is 17.1. The van der Waals surface area contributed by atoms with Crippen LogP contribution in [0.15, 0.2) is 48.5 Å². The lowest BCUT2D eigenvalue weighted by Crippen LogP contribution is -2.17. The fraction of sp³-hybridized carbons (Fsp3) is 0.368. The highest BCUT2D eigenvalue weighted by atomic mass is 16.5. The molecular formula is C19H26N2O. The number of benzene rings is 2. The van der Waals surface area contributed by atoms with E-state index in [0.717, 1.165) is 37.5 Å². The highest BCUT2D eigenvalue weighted by molar-refractivity contribution is 5.50. The smallest absolute Gasteiger partial charge is 0.120 e. The van der Waals surface area contributed by atoms with Crippen molar-refractivity contribution in [1.82, 2.24) is 5.32 Å². The van der Waals surface area contributed by atoms with E-state index < -0.39 is 0 Å². The Balaban J connectivity index is 1.94. The Morgan fingerprint density at radius 2 is 1.77 bits per heavy atom. The summed E-state index contributed by atoms with van der Waals surface area (Å²) in [5.41, 5.74) is 3.86. The molecule has 0 aromatic heterocycles. The first kappa shape index (κ1) is 16.4. The molecule has 0 radical (unpaired) electrons. The molecule has 2 aromatic rings. The minimum Gasteiger partial charge on any atom is -0.497 e. The van der Waals surface area contributed by atoms with Gasteiger partial charge in [-0.3, -0.25) is 0 Å². The molecule has 0 saturated heterocycles. The Morgan fingerprint density at radius 3 is 2.45 bits per heavy atom. The molecule has 3 heteroatoms. The van der Waals surface area contributed by atoms with Gasteiger partial charge in [-0.2, -0.15) is 0 Å². The molecule has 0 saturated carbocycles. The van der Waals surface area contributed by atoms with Gasteiger partial charge in [-0.05, 0) is 42.8 Å². The Bertz CT molecular complexity index is 566. The van der Waals surface area contributed by atoms with Crippen molar-refractivity contribution in [2.24, 2.45) is 0 Å². The Kier molecular flexibility index (Phi) is 6.28.